The van der Waals surface area contributed by atoms with Crippen molar-refractivity contribution >= 4 is 40.6 Å². The Bertz CT molecular complexity index is 1410. The van der Waals surface area contributed by atoms with Crippen LogP contribution in [0.5, 0.6) is 0 Å². The van der Waals surface area contributed by atoms with Crippen molar-refractivity contribution in [2.24, 2.45) is 29.6 Å². The number of anilines is 1. The SMILES string of the molecule is Cc1ccccc1[C@H]1c2sc(=O)[nH]c2S[C@@H]2[C@H]3C[C@@H]([C@@H]4C(=O)N(c5ccc(F)cc5)C(=O)[C@@H]34)[C@H]12. The van der Waals surface area contributed by atoms with E-state index in [1.54, 1.807) is 11.8 Å². The van der Waals surface area contributed by atoms with Crippen molar-refractivity contribution in [3.05, 3.63) is 80.0 Å². The first-order valence-electron chi connectivity index (χ1n) is 11.5. The Kier molecular flexibility index (Phi) is 4.34. The Morgan fingerprint density at radius 1 is 0.971 bits per heavy atom. The van der Waals surface area contributed by atoms with Crippen molar-refractivity contribution in [2.75, 3.05) is 4.90 Å². The number of halogens is 1. The molecular formula is C26H21FN2O3S2. The van der Waals surface area contributed by atoms with Crippen LogP contribution < -0.4 is 9.77 Å². The molecule has 172 valence electrons. The molecule has 7 rings (SSSR count). The van der Waals surface area contributed by atoms with E-state index in [9.17, 15) is 18.8 Å². The highest BCUT2D eigenvalue weighted by Crippen LogP contribution is 2.68. The third kappa shape index (κ3) is 2.64. The van der Waals surface area contributed by atoms with Crippen LogP contribution in [0.4, 0.5) is 10.1 Å². The van der Waals surface area contributed by atoms with Gasteiger partial charge in [-0.3, -0.25) is 19.3 Å². The Labute approximate surface area is 203 Å². The largest absolute Gasteiger partial charge is 0.307 e. The third-order valence-corrected chi connectivity index (χ3v) is 10.9. The van der Waals surface area contributed by atoms with E-state index >= 15 is 0 Å². The number of nitrogens with one attached hydrogen (secondary N) is 1. The summed E-state index contributed by atoms with van der Waals surface area (Å²) in [4.78, 5) is 44.9. The lowest BCUT2D eigenvalue weighted by atomic mass is 9.67. The topological polar surface area (TPSA) is 70.2 Å². The average molecular weight is 493 g/mol. The lowest BCUT2D eigenvalue weighted by Gasteiger charge is -2.43. The number of aryl methyl sites for hydroxylation is 1. The fourth-order valence-electron chi connectivity index (χ4n) is 7.15. The van der Waals surface area contributed by atoms with Crippen LogP contribution in [0.1, 0.15) is 28.3 Å². The van der Waals surface area contributed by atoms with Crippen LogP contribution in [0.15, 0.2) is 58.4 Å². The average Bonchev–Trinajstić information content (AvgIpc) is 3.54. The number of aromatic nitrogens is 1. The van der Waals surface area contributed by atoms with Gasteiger partial charge in [-0.1, -0.05) is 35.6 Å². The van der Waals surface area contributed by atoms with Gasteiger partial charge >= 0.3 is 4.87 Å². The van der Waals surface area contributed by atoms with Gasteiger partial charge in [0.2, 0.25) is 11.8 Å². The summed E-state index contributed by atoms with van der Waals surface area (Å²) >= 11 is 2.96. The summed E-state index contributed by atoms with van der Waals surface area (Å²) in [6.45, 7) is 2.09. The fraction of sp³-hybridized carbons (Fsp3) is 0.346. The molecule has 8 heteroatoms. The number of hydrogen-bond donors (Lipinski definition) is 1. The van der Waals surface area contributed by atoms with Gasteiger partial charge < -0.3 is 4.98 Å². The molecule has 2 aliphatic carbocycles. The number of fused-ring (bicyclic) bond motifs is 9. The minimum atomic E-state index is -0.397. The monoisotopic (exact) mass is 492 g/mol. The highest BCUT2D eigenvalue weighted by molar-refractivity contribution is 8.00. The number of hydrogen-bond acceptors (Lipinski definition) is 5. The van der Waals surface area contributed by atoms with Gasteiger partial charge in [-0.25, -0.2) is 4.39 Å². The van der Waals surface area contributed by atoms with Crippen molar-refractivity contribution in [1.29, 1.82) is 0 Å². The molecule has 3 aromatic rings. The minimum absolute atomic E-state index is 0.0325. The molecule has 3 heterocycles. The summed E-state index contributed by atoms with van der Waals surface area (Å²) in [7, 11) is 0. The molecule has 7 atom stereocenters. The summed E-state index contributed by atoms with van der Waals surface area (Å²) < 4.78 is 13.5. The third-order valence-electron chi connectivity index (χ3n) is 8.33. The number of carbonyl (C=O) groups excluding carboxylic acids is 2. The van der Waals surface area contributed by atoms with Crippen LogP contribution in [0.2, 0.25) is 0 Å². The van der Waals surface area contributed by atoms with E-state index in [-0.39, 0.29) is 57.4 Å². The fourth-order valence-corrected chi connectivity index (χ4v) is 10.0. The van der Waals surface area contributed by atoms with E-state index in [2.05, 4.69) is 24.0 Å². The van der Waals surface area contributed by atoms with Crippen LogP contribution in [0.25, 0.3) is 0 Å². The van der Waals surface area contributed by atoms with Gasteiger partial charge in [0.25, 0.3) is 0 Å². The predicted octanol–water partition coefficient (Wildman–Crippen LogP) is 4.56. The maximum Gasteiger partial charge on any atom is 0.305 e. The van der Waals surface area contributed by atoms with Crippen LogP contribution in [-0.4, -0.2) is 22.0 Å². The smallest absolute Gasteiger partial charge is 0.305 e. The van der Waals surface area contributed by atoms with Crippen molar-refractivity contribution in [1.82, 2.24) is 4.98 Å². The molecule has 4 aliphatic rings. The van der Waals surface area contributed by atoms with E-state index in [4.69, 9.17) is 0 Å². The van der Waals surface area contributed by atoms with Crippen LogP contribution in [0, 0.1) is 42.3 Å². The molecule has 2 aliphatic heterocycles. The molecule has 1 saturated heterocycles. The van der Waals surface area contributed by atoms with Crippen molar-refractivity contribution in [2.45, 2.75) is 29.5 Å². The number of nitrogens with zero attached hydrogens (tertiary/aromatic N) is 1. The van der Waals surface area contributed by atoms with Gasteiger partial charge in [0.15, 0.2) is 0 Å². The summed E-state index contributed by atoms with van der Waals surface area (Å²) in [5, 5.41) is 1.08. The number of benzene rings is 2. The Hall–Kier alpha value is -2.71. The molecule has 1 N–H and O–H groups in total. The number of imide groups is 1. The zero-order chi connectivity index (χ0) is 23.3. The number of thioether (sulfide) groups is 1. The Morgan fingerprint density at radius 3 is 2.41 bits per heavy atom. The number of amides is 2. The minimum Gasteiger partial charge on any atom is -0.307 e. The molecule has 0 unspecified atom stereocenters. The van der Waals surface area contributed by atoms with Crippen LogP contribution in [-0.2, 0) is 9.59 Å². The number of H-pyrrole nitrogens is 1. The molecule has 5 nitrogen and oxygen atoms in total. The Morgan fingerprint density at radius 2 is 1.68 bits per heavy atom. The predicted molar refractivity (Wildman–Crippen MR) is 129 cm³/mol. The molecule has 34 heavy (non-hydrogen) atoms. The maximum absolute atomic E-state index is 13.7. The van der Waals surface area contributed by atoms with Crippen molar-refractivity contribution < 1.29 is 14.0 Å². The zero-order valence-electron chi connectivity index (χ0n) is 18.2. The second kappa shape index (κ2) is 7.15. The molecule has 2 amide bonds. The molecule has 0 spiro atoms. The van der Waals surface area contributed by atoms with Gasteiger partial charge in [0.1, 0.15) is 5.82 Å². The summed E-state index contributed by atoms with van der Waals surface area (Å²) in [6, 6.07) is 13.9. The summed E-state index contributed by atoms with van der Waals surface area (Å²) in [6.07, 6.45) is 0.855. The number of rotatable bonds is 2. The van der Waals surface area contributed by atoms with E-state index in [0.29, 0.717) is 5.69 Å². The first kappa shape index (κ1) is 20.6. The Balaban J connectivity index is 1.34. The molecule has 1 aromatic heterocycles. The van der Waals surface area contributed by atoms with Crippen LogP contribution in [0.3, 0.4) is 0 Å². The quantitative estimate of drug-likeness (QED) is 0.533. The van der Waals surface area contributed by atoms with Crippen molar-refractivity contribution in [3.8, 4) is 0 Å². The number of carbonyl (C=O) groups is 2. The molecule has 0 radical (unpaired) electrons. The zero-order valence-corrected chi connectivity index (χ0v) is 19.9. The first-order valence-corrected chi connectivity index (χ1v) is 13.2. The summed E-state index contributed by atoms with van der Waals surface area (Å²) in [5.41, 5.74) is 2.82. The van der Waals surface area contributed by atoms with E-state index in [1.165, 1.54) is 51.6 Å². The first-order chi connectivity index (χ1) is 16.4. The molecule has 2 bridgehead atoms. The molecule has 2 saturated carbocycles. The van der Waals surface area contributed by atoms with Gasteiger partial charge in [0, 0.05) is 16.0 Å². The van der Waals surface area contributed by atoms with E-state index in [0.717, 1.165) is 16.3 Å². The lowest BCUT2D eigenvalue weighted by molar-refractivity contribution is -0.123. The van der Waals surface area contributed by atoms with Crippen molar-refractivity contribution in [3.63, 3.8) is 0 Å². The second-order valence-corrected chi connectivity index (χ2v) is 12.0. The number of thiazole rings is 1. The molecule has 2 aromatic carbocycles. The second-order valence-electron chi connectivity index (χ2n) is 9.81. The normalized spacial score (nSPS) is 33.2. The molecule has 3 fully saturated rings. The lowest BCUT2D eigenvalue weighted by Crippen LogP contribution is -2.42. The maximum atomic E-state index is 13.7. The van der Waals surface area contributed by atoms with Gasteiger partial charge in [-0.15, -0.1) is 11.8 Å². The molecular weight excluding hydrogens is 471 g/mol. The standard InChI is InChI=1S/C26H21FN2O3S2/c1-11-4-2-3-5-14(11)17-18-15-10-16(21(18)33-23-22(17)34-26(32)28-23)20-19(15)24(30)29(25(20)31)13-8-6-12(27)7-9-13/h2-9,15-21H,10H2,1H3,(H,28,32)/t15-,16+,17-,18-,19+,20+,21-/m1/s1. The highest BCUT2D eigenvalue weighted by atomic mass is 32.2. The van der Waals surface area contributed by atoms with E-state index in [1.807, 2.05) is 12.1 Å². The van der Waals surface area contributed by atoms with Gasteiger partial charge in [-0.05, 0) is 66.5 Å². The number of aromatic amines is 1. The highest BCUT2D eigenvalue weighted by Gasteiger charge is 2.69. The van der Waals surface area contributed by atoms with Gasteiger partial charge in [0.05, 0.1) is 22.5 Å². The summed E-state index contributed by atoms with van der Waals surface area (Å²) in [5.74, 6) is -1.05. The van der Waals surface area contributed by atoms with Crippen LogP contribution >= 0.6 is 23.1 Å². The van der Waals surface area contributed by atoms with Gasteiger partial charge in [-0.2, -0.15) is 0 Å². The van der Waals surface area contributed by atoms with E-state index < -0.39 is 5.82 Å².